The number of carbonyl (C=O) groups is 1. The zero-order chi connectivity index (χ0) is 14.8. The molecule has 0 heterocycles. The number of hydrogen-bond donors (Lipinski definition) is 2. The zero-order valence-corrected chi connectivity index (χ0v) is 13.0. The molecule has 0 fully saturated rings. The number of rotatable bonds is 5. The van der Waals surface area contributed by atoms with Crippen molar-refractivity contribution in [2.75, 3.05) is 0 Å². The Morgan fingerprint density at radius 1 is 1.58 bits per heavy atom. The van der Waals surface area contributed by atoms with Crippen molar-refractivity contribution in [1.82, 2.24) is 4.72 Å². The van der Waals surface area contributed by atoms with Gasteiger partial charge in [0.15, 0.2) is 0 Å². The molecule has 104 valence electrons. The maximum atomic E-state index is 12.0. The van der Waals surface area contributed by atoms with Gasteiger partial charge in [-0.05, 0) is 35.0 Å². The van der Waals surface area contributed by atoms with Crippen LogP contribution in [0.4, 0.5) is 0 Å². The first-order chi connectivity index (χ1) is 8.69. The van der Waals surface area contributed by atoms with Gasteiger partial charge in [0.05, 0.1) is 15.5 Å². The summed E-state index contributed by atoms with van der Waals surface area (Å²) in [7, 11) is -3.84. The van der Waals surface area contributed by atoms with E-state index in [2.05, 4.69) is 27.2 Å². The maximum absolute atomic E-state index is 12.0. The number of hydrogen-bond acceptors (Lipinski definition) is 3. The SMILES string of the molecule is C=CC(C)NS(=O)(=O)c1cc(Br)c(Cl)c(C(=O)O)c1. The Labute approximate surface area is 124 Å². The van der Waals surface area contributed by atoms with Crippen molar-refractivity contribution in [1.29, 1.82) is 0 Å². The van der Waals surface area contributed by atoms with Crippen molar-refractivity contribution in [3.63, 3.8) is 0 Å². The Morgan fingerprint density at radius 3 is 2.63 bits per heavy atom. The van der Waals surface area contributed by atoms with Gasteiger partial charge in [0, 0.05) is 10.5 Å². The van der Waals surface area contributed by atoms with Gasteiger partial charge in [-0.3, -0.25) is 0 Å². The molecule has 0 spiro atoms. The normalized spacial score (nSPS) is 13.0. The number of halogens is 2. The number of carboxylic acids is 1. The molecule has 0 amide bonds. The van der Waals surface area contributed by atoms with Gasteiger partial charge in [0.2, 0.25) is 10.0 Å². The quantitative estimate of drug-likeness (QED) is 0.783. The van der Waals surface area contributed by atoms with E-state index in [1.807, 2.05) is 0 Å². The first-order valence-corrected chi connectivity index (χ1v) is 7.71. The third kappa shape index (κ3) is 3.79. The summed E-state index contributed by atoms with van der Waals surface area (Å²) in [5.41, 5.74) is -0.289. The monoisotopic (exact) mass is 367 g/mol. The topological polar surface area (TPSA) is 83.5 Å². The molecule has 0 aliphatic carbocycles. The van der Waals surface area contributed by atoms with E-state index in [0.717, 1.165) is 6.07 Å². The molecule has 19 heavy (non-hydrogen) atoms. The summed E-state index contributed by atoms with van der Waals surface area (Å²) in [4.78, 5) is 10.8. The molecule has 1 aromatic carbocycles. The molecule has 5 nitrogen and oxygen atoms in total. The number of nitrogens with one attached hydrogen (secondary N) is 1. The predicted molar refractivity (Wildman–Crippen MR) is 76.1 cm³/mol. The second-order valence-electron chi connectivity index (χ2n) is 3.72. The summed E-state index contributed by atoms with van der Waals surface area (Å²) in [6.07, 6.45) is 1.42. The van der Waals surface area contributed by atoms with Gasteiger partial charge < -0.3 is 5.11 Å². The zero-order valence-electron chi connectivity index (χ0n) is 9.85. The Hall–Kier alpha value is -0.890. The number of aromatic carboxylic acids is 1. The lowest BCUT2D eigenvalue weighted by Crippen LogP contribution is -2.31. The fourth-order valence-corrected chi connectivity index (χ4v) is 3.31. The molecule has 0 saturated heterocycles. The lowest BCUT2D eigenvalue weighted by molar-refractivity contribution is 0.0696. The second-order valence-corrected chi connectivity index (χ2v) is 6.66. The van der Waals surface area contributed by atoms with Gasteiger partial charge in [-0.2, -0.15) is 0 Å². The summed E-state index contributed by atoms with van der Waals surface area (Å²) in [6, 6.07) is 1.77. The average Bonchev–Trinajstić information content (AvgIpc) is 2.31. The van der Waals surface area contributed by atoms with Gasteiger partial charge in [-0.25, -0.2) is 17.9 Å². The van der Waals surface area contributed by atoms with Crippen molar-refractivity contribution in [3.05, 3.63) is 39.8 Å². The van der Waals surface area contributed by atoms with Crippen LogP contribution in [0.2, 0.25) is 5.02 Å². The minimum Gasteiger partial charge on any atom is -0.478 e. The van der Waals surface area contributed by atoms with Crippen LogP contribution in [0.1, 0.15) is 17.3 Å². The first kappa shape index (κ1) is 16.2. The fraction of sp³-hybridized carbons (Fsp3) is 0.182. The summed E-state index contributed by atoms with van der Waals surface area (Å²) in [5.74, 6) is -1.31. The third-order valence-corrected chi connectivity index (χ3v) is 5.04. The van der Waals surface area contributed by atoms with E-state index in [9.17, 15) is 13.2 Å². The molecule has 1 aromatic rings. The van der Waals surface area contributed by atoms with Crippen molar-refractivity contribution in [3.8, 4) is 0 Å². The molecule has 0 saturated carbocycles. The van der Waals surface area contributed by atoms with Crippen molar-refractivity contribution < 1.29 is 18.3 Å². The molecular formula is C11H11BrClNO4S. The highest BCUT2D eigenvalue weighted by atomic mass is 79.9. The van der Waals surface area contributed by atoms with Crippen LogP contribution in [0.15, 0.2) is 34.2 Å². The highest BCUT2D eigenvalue weighted by molar-refractivity contribution is 9.10. The Kier molecular flexibility index (Phi) is 5.14. The van der Waals surface area contributed by atoms with E-state index in [-0.39, 0.29) is 20.0 Å². The van der Waals surface area contributed by atoms with Crippen LogP contribution >= 0.6 is 27.5 Å². The van der Waals surface area contributed by atoms with Gasteiger partial charge in [-0.1, -0.05) is 17.7 Å². The van der Waals surface area contributed by atoms with Crippen molar-refractivity contribution in [2.24, 2.45) is 0 Å². The molecule has 8 heteroatoms. The van der Waals surface area contributed by atoms with Crippen LogP contribution in [0.25, 0.3) is 0 Å². The largest absolute Gasteiger partial charge is 0.478 e. The van der Waals surface area contributed by atoms with Crippen molar-refractivity contribution in [2.45, 2.75) is 17.9 Å². The van der Waals surface area contributed by atoms with Crippen molar-refractivity contribution >= 4 is 43.5 Å². The van der Waals surface area contributed by atoms with Gasteiger partial charge >= 0.3 is 5.97 Å². The minimum atomic E-state index is -3.84. The highest BCUT2D eigenvalue weighted by Crippen LogP contribution is 2.30. The standard InChI is InChI=1S/C11H11BrClNO4S/c1-3-6(2)14-19(17,18)7-4-8(11(15)16)10(13)9(12)5-7/h3-6,14H,1H2,2H3,(H,15,16). The molecule has 0 bridgehead atoms. The van der Waals surface area contributed by atoms with Crippen LogP contribution in [-0.4, -0.2) is 25.5 Å². The van der Waals surface area contributed by atoms with Crippen LogP contribution in [0, 0.1) is 0 Å². The van der Waals surface area contributed by atoms with E-state index >= 15 is 0 Å². The lowest BCUT2D eigenvalue weighted by atomic mass is 10.2. The molecule has 0 radical (unpaired) electrons. The second kappa shape index (κ2) is 6.04. The van der Waals surface area contributed by atoms with E-state index in [1.165, 1.54) is 12.1 Å². The molecule has 0 aliphatic heterocycles. The molecular weight excluding hydrogens is 358 g/mol. The minimum absolute atomic E-state index is 0.0526. The Morgan fingerprint density at radius 2 is 2.16 bits per heavy atom. The lowest BCUT2D eigenvalue weighted by Gasteiger charge is -2.12. The van der Waals surface area contributed by atoms with Crippen LogP contribution in [0.3, 0.4) is 0 Å². The van der Waals surface area contributed by atoms with Gasteiger partial charge in [0.25, 0.3) is 0 Å². The molecule has 0 aliphatic rings. The maximum Gasteiger partial charge on any atom is 0.337 e. The Balaban J connectivity index is 3.36. The van der Waals surface area contributed by atoms with E-state index < -0.39 is 22.0 Å². The van der Waals surface area contributed by atoms with Crippen LogP contribution in [-0.2, 0) is 10.0 Å². The summed E-state index contributed by atoms with van der Waals surface area (Å²) < 4.78 is 26.6. The van der Waals surface area contributed by atoms with Crippen LogP contribution in [0.5, 0.6) is 0 Å². The van der Waals surface area contributed by atoms with E-state index in [4.69, 9.17) is 16.7 Å². The molecule has 1 unspecified atom stereocenters. The molecule has 2 N–H and O–H groups in total. The first-order valence-electron chi connectivity index (χ1n) is 5.06. The number of sulfonamides is 1. The average molecular weight is 369 g/mol. The number of carboxylic acid groups (broad SMARTS) is 1. The molecule has 0 aromatic heterocycles. The Bertz CT molecular complexity index is 630. The summed E-state index contributed by atoms with van der Waals surface area (Å²) in [5, 5.41) is 8.92. The van der Waals surface area contributed by atoms with E-state index in [1.54, 1.807) is 6.92 Å². The smallest absolute Gasteiger partial charge is 0.337 e. The summed E-state index contributed by atoms with van der Waals surface area (Å²) >= 11 is 8.82. The summed E-state index contributed by atoms with van der Waals surface area (Å²) in [6.45, 7) is 5.07. The predicted octanol–water partition coefficient (Wildman–Crippen LogP) is 2.65. The fourth-order valence-electron chi connectivity index (χ4n) is 1.24. The number of benzene rings is 1. The molecule has 1 rings (SSSR count). The van der Waals surface area contributed by atoms with Crippen LogP contribution < -0.4 is 4.72 Å². The highest BCUT2D eigenvalue weighted by Gasteiger charge is 2.21. The van der Waals surface area contributed by atoms with Gasteiger partial charge in [0.1, 0.15) is 0 Å². The van der Waals surface area contributed by atoms with E-state index in [0.29, 0.717) is 0 Å². The third-order valence-electron chi connectivity index (χ3n) is 2.24. The van der Waals surface area contributed by atoms with Gasteiger partial charge in [-0.15, -0.1) is 6.58 Å². The molecule has 1 atom stereocenters.